The van der Waals surface area contributed by atoms with E-state index in [1.54, 1.807) is 12.3 Å². The molecule has 0 bridgehead atoms. The van der Waals surface area contributed by atoms with E-state index in [0.29, 0.717) is 5.69 Å². The van der Waals surface area contributed by atoms with E-state index in [0.717, 1.165) is 4.47 Å². The summed E-state index contributed by atoms with van der Waals surface area (Å²) in [6, 6.07) is 1.70. The molecule has 0 fully saturated rings. The third-order valence-electron chi connectivity index (χ3n) is 1.59. The first-order valence-electron chi connectivity index (χ1n) is 3.55. The van der Waals surface area contributed by atoms with Crippen LogP contribution in [0.1, 0.15) is 11.8 Å². The zero-order valence-electron chi connectivity index (χ0n) is 6.37. The normalized spacial score (nSPS) is 16.0. The van der Waals surface area contributed by atoms with Gasteiger partial charge in [-0.1, -0.05) is 0 Å². The fourth-order valence-corrected chi connectivity index (χ4v) is 1.25. The number of hydrogen-bond donors (Lipinski definition) is 4. The minimum atomic E-state index is -0.943. The highest BCUT2D eigenvalue weighted by Crippen LogP contribution is 2.19. The van der Waals surface area contributed by atoms with Crippen LogP contribution in [-0.4, -0.2) is 27.8 Å². The van der Waals surface area contributed by atoms with E-state index in [2.05, 4.69) is 20.9 Å². The van der Waals surface area contributed by atoms with Gasteiger partial charge in [-0.2, -0.15) is 0 Å². The predicted molar refractivity (Wildman–Crippen MR) is 48.5 cm³/mol. The summed E-state index contributed by atoms with van der Waals surface area (Å²) in [5.74, 6) is 0. The van der Waals surface area contributed by atoms with Crippen LogP contribution in [0.3, 0.4) is 0 Å². The summed E-state index contributed by atoms with van der Waals surface area (Å²) >= 11 is 3.22. The molecule has 0 saturated heterocycles. The van der Waals surface area contributed by atoms with Crippen LogP contribution in [0.15, 0.2) is 16.7 Å². The summed E-state index contributed by atoms with van der Waals surface area (Å²) in [5.41, 5.74) is 5.74. The summed E-state index contributed by atoms with van der Waals surface area (Å²) in [4.78, 5) is 2.81. The average Bonchev–Trinajstić information content (AvgIpc) is 2.49. The first-order valence-corrected chi connectivity index (χ1v) is 4.34. The predicted octanol–water partition coefficient (Wildman–Crippen LogP) is 0.130. The number of H-pyrrole nitrogens is 1. The lowest BCUT2D eigenvalue weighted by molar-refractivity contribution is 0.0220. The quantitative estimate of drug-likeness (QED) is 0.601. The van der Waals surface area contributed by atoms with Crippen molar-refractivity contribution in [1.29, 1.82) is 0 Å². The number of aromatic nitrogens is 1. The van der Waals surface area contributed by atoms with Crippen molar-refractivity contribution in [3.05, 3.63) is 22.4 Å². The van der Waals surface area contributed by atoms with E-state index in [4.69, 9.17) is 5.73 Å². The third-order valence-corrected chi connectivity index (χ3v) is 2.05. The van der Waals surface area contributed by atoms with E-state index in [-0.39, 0.29) is 6.54 Å². The number of halogens is 1. The van der Waals surface area contributed by atoms with E-state index >= 15 is 0 Å². The molecule has 0 saturated carbocycles. The van der Waals surface area contributed by atoms with Gasteiger partial charge in [-0.05, 0) is 22.0 Å². The number of aliphatic hydroxyl groups excluding tert-OH is 2. The molecule has 0 aromatic carbocycles. The van der Waals surface area contributed by atoms with Crippen LogP contribution < -0.4 is 5.73 Å². The number of aliphatic hydroxyl groups is 2. The Morgan fingerprint density at radius 3 is 2.67 bits per heavy atom. The highest BCUT2D eigenvalue weighted by atomic mass is 79.9. The number of rotatable bonds is 3. The molecular weight excluding hydrogens is 224 g/mol. The first-order chi connectivity index (χ1) is 5.65. The van der Waals surface area contributed by atoms with Crippen LogP contribution in [0.25, 0.3) is 0 Å². The molecule has 1 heterocycles. The van der Waals surface area contributed by atoms with Crippen LogP contribution in [-0.2, 0) is 0 Å². The lowest BCUT2D eigenvalue weighted by Crippen LogP contribution is -2.27. The van der Waals surface area contributed by atoms with Crippen LogP contribution in [0.4, 0.5) is 0 Å². The fourth-order valence-electron chi connectivity index (χ4n) is 0.891. The smallest absolute Gasteiger partial charge is 0.121 e. The summed E-state index contributed by atoms with van der Waals surface area (Å²) < 4.78 is 0.834. The van der Waals surface area contributed by atoms with Gasteiger partial charge in [0.25, 0.3) is 0 Å². The summed E-state index contributed by atoms with van der Waals surface area (Å²) in [6.07, 6.45) is -0.182. The number of hydrogen-bond acceptors (Lipinski definition) is 3. The highest BCUT2D eigenvalue weighted by molar-refractivity contribution is 9.10. The molecule has 1 rings (SSSR count). The van der Waals surface area contributed by atoms with Gasteiger partial charge in [-0.25, -0.2) is 0 Å². The Kier molecular flexibility index (Phi) is 3.28. The van der Waals surface area contributed by atoms with E-state index in [1.807, 2.05) is 0 Å². The van der Waals surface area contributed by atoms with Crippen molar-refractivity contribution in [2.75, 3.05) is 6.54 Å². The second-order valence-corrected chi connectivity index (χ2v) is 3.44. The molecule has 0 amide bonds. The van der Waals surface area contributed by atoms with Gasteiger partial charge in [-0.15, -0.1) is 0 Å². The minimum Gasteiger partial charge on any atom is -0.389 e. The van der Waals surface area contributed by atoms with Gasteiger partial charge >= 0.3 is 0 Å². The topological polar surface area (TPSA) is 82.3 Å². The van der Waals surface area contributed by atoms with Gasteiger partial charge in [0.2, 0.25) is 0 Å². The molecule has 4 nitrogen and oxygen atoms in total. The zero-order chi connectivity index (χ0) is 9.14. The molecule has 68 valence electrons. The maximum absolute atomic E-state index is 9.42. The third kappa shape index (κ3) is 2.07. The molecule has 0 aliphatic rings. The van der Waals surface area contributed by atoms with Crippen LogP contribution >= 0.6 is 15.9 Å². The van der Waals surface area contributed by atoms with Crippen molar-refractivity contribution in [3.63, 3.8) is 0 Å². The molecule has 12 heavy (non-hydrogen) atoms. The highest BCUT2D eigenvalue weighted by Gasteiger charge is 2.17. The standard InChI is InChI=1S/C7H11BrN2O2/c8-4-1-5(10-3-4)7(12)6(11)2-9/h1,3,6-7,10-12H,2,9H2. The molecule has 5 heteroatoms. The SMILES string of the molecule is NCC(O)C(O)c1cc(Br)c[nH]1. The summed E-state index contributed by atoms with van der Waals surface area (Å²) in [7, 11) is 0. The van der Waals surface area contributed by atoms with Crippen molar-refractivity contribution in [3.8, 4) is 0 Å². The lowest BCUT2D eigenvalue weighted by Gasteiger charge is -2.13. The van der Waals surface area contributed by atoms with Gasteiger partial charge in [0, 0.05) is 22.9 Å². The fraction of sp³-hybridized carbons (Fsp3) is 0.429. The second-order valence-electron chi connectivity index (χ2n) is 2.52. The molecule has 0 radical (unpaired) electrons. The van der Waals surface area contributed by atoms with Gasteiger partial charge in [-0.3, -0.25) is 0 Å². The van der Waals surface area contributed by atoms with Gasteiger partial charge in [0.05, 0.1) is 6.10 Å². The Hall–Kier alpha value is -0.360. The first kappa shape index (κ1) is 9.73. The average molecular weight is 235 g/mol. The Bertz CT molecular complexity index is 251. The van der Waals surface area contributed by atoms with Crippen molar-refractivity contribution >= 4 is 15.9 Å². The summed E-state index contributed by atoms with van der Waals surface area (Å²) in [6.45, 7) is 0.0395. The molecule has 0 spiro atoms. The van der Waals surface area contributed by atoms with Crippen LogP contribution in [0.5, 0.6) is 0 Å². The molecular formula is C7H11BrN2O2. The number of aromatic amines is 1. The maximum Gasteiger partial charge on any atom is 0.121 e. The Labute approximate surface area is 78.5 Å². The lowest BCUT2D eigenvalue weighted by atomic mass is 10.1. The van der Waals surface area contributed by atoms with Crippen LogP contribution in [0.2, 0.25) is 0 Å². The molecule has 1 aromatic heterocycles. The minimum absolute atomic E-state index is 0.0395. The summed E-state index contributed by atoms with van der Waals surface area (Å²) in [5, 5.41) is 18.6. The Balaban J connectivity index is 2.70. The maximum atomic E-state index is 9.42. The number of nitrogens with one attached hydrogen (secondary N) is 1. The molecule has 5 N–H and O–H groups in total. The Morgan fingerprint density at radius 2 is 2.25 bits per heavy atom. The van der Waals surface area contributed by atoms with E-state index < -0.39 is 12.2 Å². The largest absolute Gasteiger partial charge is 0.389 e. The molecule has 1 aromatic rings. The van der Waals surface area contributed by atoms with Crippen molar-refractivity contribution in [2.24, 2.45) is 5.73 Å². The van der Waals surface area contributed by atoms with E-state index in [9.17, 15) is 10.2 Å². The van der Waals surface area contributed by atoms with Gasteiger partial charge in [0.1, 0.15) is 6.10 Å². The monoisotopic (exact) mass is 234 g/mol. The van der Waals surface area contributed by atoms with Crippen LogP contribution in [0, 0.1) is 0 Å². The molecule has 0 aliphatic carbocycles. The van der Waals surface area contributed by atoms with E-state index in [1.165, 1.54) is 0 Å². The Morgan fingerprint density at radius 1 is 1.58 bits per heavy atom. The van der Waals surface area contributed by atoms with Crippen molar-refractivity contribution < 1.29 is 10.2 Å². The molecule has 0 aliphatic heterocycles. The molecule has 2 atom stereocenters. The van der Waals surface area contributed by atoms with Crippen molar-refractivity contribution in [2.45, 2.75) is 12.2 Å². The number of nitrogens with two attached hydrogens (primary N) is 1. The van der Waals surface area contributed by atoms with Crippen molar-refractivity contribution in [1.82, 2.24) is 4.98 Å². The van der Waals surface area contributed by atoms with Gasteiger partial charge in [0.15, 0.2) is 0 Å². The second kappa shape index (κ2) is 4.04. The van der Waals surface area contributed by atoms with Gasteiger partial charge < -0.3 is 20.9 Å². The zero-order valence-corrected chi connectivity index (χ0v) is 7.95. The molecule has 2 unspecified atom stereocenters.